The fourth-order valence-electron chi connectivity index (χ4n) is 2.12. The molecule has 6 heteroatoms. The number of carbonyl (C=O) groups is 1. The van der Waals surface area contributed by atoms with Gasteiger partial charge in [0.05, 0.1) is 18.1 Å². The van der Waals surface area contributed by atoms with Crippen LogP contribution in [0.3, 0.4) is 0 Å². The molecule has 1 amide bonds. The van der Waals surface area contributed by atoms with E-state index in [1.807, 2.05) is 5.38 Å². The molecule has 1 aliphatic rings. The fourth-order valence-corrected chi connectivity index (χ4v) is 2.89. The number of ether oxygens (including phenoxy) is 2. The van der Waals surface area contributed by atoms with Crippen molar-refractivity contribution < 1.29 is 14.3 Å². The number of amides is 1. The lowest BCUT2D eigenvalue weighted by atomic mass is 10.1. The molecule has 0 radical (unpaired) electrons. The van der Waals surface area contributed by atoms with Gasteiger partial charge in [0.1, 0.15) is 5.75 Å². The molecule has 2 N–H and O–H groups in total. The second-order valence-corrected chi connectivity index (χ2v) is 5.69. The molecule has 2 heterocycles. The third-order valence-electron chi connectivity index (χ3n) is 3.28. The molecular weight excluding hydrogens is 276 g/mol. The Morgan fingerprint density at radius 3 is 3.00 bits per heavy atom. The summed E-state index contributed by atoms with van der Waals surface area (Å²) in [5, 5.41) is 8.04. The minimum absolute atomic E-state index is 0.0415. The van der Waals surface area contributed by atoms with E-state index in [1.165, 1.54) is 11.3 Å². The molecule has 5 nitrogen and oxygen atoms in total. The zero-order valence-electron chi connectivity index (χ0n) is 11.8. The topological polar surface area (TPSA) is 59.6 Å². The zero-order valence-corrected chi connectivity index (χ0v) is 12.6. The Hall–Kier alpha value is -1.11. The molecule has 112 valence electrons. The Balaban J connectivity index is 1.57. The monoisotopic (exact) mass is 298 g/mol. The van der Waals surface area contributed by atoms with Crippen LogP contribution in [-0.2, 0) is 4.74 Å². The molecular formula is C14H22N2O3S. The fraction of sp³-hybridized carbons (Fsp3) is 0.643. The Bertz CT molecular complexity index is 416. The molecule has 0 atom stereocenters. The SMILES string of the molecule is COc1csc(C(=O)NCCCOC2CCNCC2)c1. The maximum Gasteiger partial charge on any atom is 0.261 e. The lowest BCUT2D eigenvalue weighted by Crippen LogP contribution is -2.33. The van der Waals surface area contributed by atoms with E-state index in [0.29, 0.717) is 24.1 Å². The predicted octanol–water partition coefficient (Wildman–Crippen LogP) is 1.65. The van der Waals surface area contributed by atoms with Crippen LogP contribution in [0, 0.1) is 0 Å². The van der Waals surface area contributed by atoms with Crippen molar-refractivity contribution in [1.29, 1.82) is 0 Å². The number of thiophene rings is 1. The molecule has 1 aromatic heterocycles. The van der Waals surface area contributed by atoms with Gasteiger partial charge in [0.25, 0.3) is 5.91 Å². The van der Waals surface area contributed by atoms with Crippen LogP contribution in [0.2, 0.25) is 0 Å². The highest BCUT2D eigenvalue weighted by Crippen LogP contribution is 2.20. The van der Waals surface area contributed by atoms with Gasteiger partial charge >= 0.3 is 0 Å². The van der Waals surface area contributed by atoms with Crippen LogP contribution in [0.25, 0.3) is 0 Å². The van der Waals surface area contributed by atoms with E-state index in [0.717, 1.165) is 38.1 Å². The van der Waals surface area contributed by atoms with Crippen molar-refractivity contribution in [3.05, 3.63) is 16.3 Å². The summed E-state index contributed by atoms with van der Waals surface area (Å²) in [6, 6.07) is 1.76. The van der Waals surface area contributed by atoms with E-state index in [-0.39, 0.29) is 5.91 Å². The summed E-state index contributed by atoms with van der Waals surface area (Å²) in [5.74, 6) is 0.689. The first-order chi connectivity index (χ1) is 9.79. The molecule has 1 fully saturated rings. The van der Waals surface area contributed by atoms with Gasteiger partial charge in [-0.2, -0.15) is 0 Å². The van der Waals surface area contributed by atoms with Crippen LogP contribution < -0.4 is 15.4 Å². The van der Waals surface area contributed by atoms with Gasteiger partial charge in [-0.25, -0.2) is 0 Å². The first-order valence-electron chi connectivity index (χ1n) is 7.02. The summed E-state index contributed by atoms with van der Waals surface area (Å²) < 4.78 is 10.8. The molecule has 1 saturated heterocycles. The van der Waals surface area contributed by atoms with Crippen molar-refractivity contribution in [2.45, 2.75) is 25.4 Å². The molecule has 0 saturated carbocycles. The van der Waals surface area contributed by atoms with Gasteiger partial charge in [0.15, 0.2) is 0 Å². The third-order valence-corrected chi connectivity index (χ3v) is 4.19. The van der Waals surface area contributed by atoms with Crippen LogP contribution in [0.4, 0.5) is 0 Å². The Morgan fingerprint density at radius 1 is 1.50 bits per heavy atom. The minimum Gasteiger partial charge on any atom is -0.496 e. The highest BCUT2D eigenvalue weighted by atomic mass is 32.1. The Kier molecular flexibility index (Phi) is 6.29. The lowest BCUT2D eigenvalue weighted by Gasteiger charge is -2.22. The van der Waals surface area contributed by atoms with Gasteiger partial charge < -0.3 is 20.1 Å². The quantitative estimate of drug-likeness (QED) is 0.752. The predicted molar refractivity (Wildman–Crippen MR) is 79.7 cm³/mol. The molecule has 0 spiro atoms. The number of hydrogen-bond donors (Lipinski definition) is 2. The average Bonchev–Trinajstić information content (AvgIpc) is 2.97. The number of rotatable bonds is 7. The van der Waals surface area contributed by atoms with Crippen molar-refractivity contribution in [3.8, 4) is 5.75 Å². The minimum atomic E-state index is -0.0415. The van der Waals surface area contributed by atoms with Crippen molar-refractivity contribution in [2.75, 3.05) is 33.4 Å². The maximum atomic E-state index is 11.8. The lowest BCUT2D eigenvalue weighted by molar-refractivity contribution is 0.0318. The summed E-state index contributed by atoms with van der Waals surface area (Å²) in [4.78, 5) is 12.5. The highest BCUT2D eigenvalue weighted by Gasteiger charge is 2.13. The molecule has 0 aliphatic carbocycles. The number of nitrogens with one attached hydrogen (secondary N) is 2. The maximum absolute atomic E-state index is 11.8. The first-order valence-corrected chi connectivity index (χ1v) is 7.90. The van der Waals surface area contributed by atoms with Crippen LogP contribution in [0.5, 0.6) is 5.75 Å². The summed E-state index contributed by atoms with van der Waals surface area (Å²) in [6.07, 6.45) is 3.40. The zero-order chi connectivity index (χ0) is 14.2. The van der Waals surface area contributed by atoms with Gasteiger partial charge in [-0.15, -0.1) is 11.3 Å². The number of methoxy groups -OCH3 is 1. The van der Waals surface area contributed by atoms with E-state index in [4.69, 9.17) is 9.47 Å². The van der Waals surface area contributed by atoms with Crippen molar-refractivity contribution in [1.82, 2.24) is 10.6 Å². The normalized spacial score (nSPS) is 16.1. The Morgan fingerprint density at radius 2 is 2.30 bits per heavy atom. The second-order valence-electron chi connectivity index (χ2n) is 4.78. The van der Waals surface area contributed by atoms with Gasteiger partial charge in [0.2, 0.25) is 0 Å². The van der Waals surface area contributed by atoms with Gasteiger partial charge in [-0.05, 0) is 32.4 Å². The standard InChI is InChI=1S/C14H22N2O3S/c1-18-12-9-13(20-10-12)14(17)16-5-2-8-19-11-3-6-15-7-4-11/h9-11,15H,2-8H2,1H3,(H,16,17). The Labute approximate surface area is 123 Å². The summed E-state index contributed by atoms with van der Waals surface area (Å²) in [7, 11) is 1.60. The van der Waals surface area contributed by atoms with E-state index < -0.39 is 0 Å². The summed E-state index contributed by atoms with van der Waals surface area (Å²) in [5.41, 5.74) is 0. The average molecular weight is 298 g/mol. The molecule has 1 aromatic rings. The summed E-state index contributed by atoms with van der Waals surface area (Å²) >= 11 is 1.39. The van der Waals surface area contributed by atoms with Crippen molar-refractivity contribution >= 4 is 17.2 Å². The molecule has 0 aromatic carbocycles. The largest absolute Gasteiger partial charge is 0.496 e. The van der Waals surface area contributed by atoms with E-state index in [2.05, 4.69) is 10.6 Å². The number of hydrogen-bond acceptors (Lipinski definition) is 5. The molecule has 2 rings (SSSR count). The van der Waals surface area contributed by atoms with Crippen LogP contribution in [0.15, 0.2) is 11.4 Å². The second kappa shape index (κ2) is 8.24. The third kappa shape index (κ3) is 4.77. The molecule has 20 heavy (non-hydrogen) atoms. The van der Waals surface area contributed by atoms with Gasteiger partial charge in [-0.1, -0.05) is 0 Å². The van der Waals surface area contributed by atoms with E-state index >= 15 is 0 Å². The van der Waals surface area contributed by atoms with E-state index in [1.54, 1.807) is 13.2 Å². The molecule has 1 aliphatic heterocycles. The van der Waals surface area contributed by atoms with Crippen molar-refractivity contribution in [3.63, 3.8) is 0 Å². The van der Waals surface area contributed by atoms with Gasteiger partial charge in [-0.3, -0.25) is 4.79 Å². The highest BCUT2D eigenvalue weighted by molar-refractivity contribution is 7.12. The number of carbonyl (C=O) groups excluding carboxylic acids is 1. The molecule has 0 unspecified atom stereocenters. The first kappa shape index (κ1) is 15.3. The summed E-state index contributed by atoms with van der Waals surface area (Å²) in [6.45, 7) is 3.44. The van der Waals surface area contributed by atoms with Crippen LogP contribution in [0.1, 0.15) is 28.9 Å². The number of piperidine rings is 1. The smallest absolute Gasteiger partial charge is 0.261 e. The van der Waals surface area contributed by atoms with E-state index in [9.17, 15) is 4.79 Å². The van der Waals surface area contributed by atoms with Crippen LogP contribution in [-0.4, -0.2) is 45.4 Å². The van der Waals surface area contributed by atoms with Gasteiger partial charge in [0, 0.05) is 24.6 Å². The van der Waals surface area contributed by atoms with Crippen molar-refractivity contribution in [2.24, 2.45) is 0 Å². The van der Waals surface area contributed by atoms with Crippen LogP contribution >= 0.6 is 11.3 Å². The molecule has 0 bridgehead atoms.